The molecule has 0 atom stereocenters. The zero-order valence-corrected chi connectivity index (χ0v) is 15.5. The Morgan fingerprint density at radius 1 is 1.12 bits per heavy atom. The Balaban J connectivity index is 1.60. The molecule has 2 heterocycles. The normalized spacial score (nSPS) is 11.4. The quantitative estimate of drug-likeness (QED) is 0.524. The first kappa shape index (κ1) is 17.2. The minimum absolute atomic E-state index is 0.899. The summed E-state index contributed by atoms with van der Waals surface area (Å²) in [6, 6.07) is 10.7. The predicted octanol–water partition coefficient (Wildman–Crippen LogP) is 5.46. The highest BCUT2D eigenvalue weighted by Crippen LogP contribution is 2.26. The van der Waals surface area contributed by atoms with E-state index >= 15 is 0 Å². The topological polar surface area (TPSA) is 29.9 Å². The maximum atomic E-state index is 4.79. The van der Waals surface area contributed by atoms with Gasteiger partial charge in [-0.05, 0) is 49.7 Å². The van der Waals surface area contributed by atoms with E-state index in [4.69, 9.17) is 4.98 Å². The fourth-order valence-corrected chi connectivity index (χ4v) is 4.02. The number of nitrogens with zero attached hydrogens (tertiary/aromatic N) is 2. The van der Waals surface area contributed by atoms with E-state index in [2.05, 4.69) is 60.3 Å². The largest absolute Gasteiger partial charge is 0.311 e. The molecule has 3 nitrogen and oxygen atoms in total. The Hall–Kier alpha value is -1.65. The summed E-state index contributed by atoms with van der Waals surface area (Å²) in [5.74, 6) is 0. The van der Waals surface area contributed by atoms with Gasteiger partial charge in [0.2, 0.25) is 0 Å². The summed E-state index contributed by atoms with van der Waals surface area (Å²) >= 11 is 1.76. The molecule has 1 aromatic carbocycles. The van der Waals surface area contributed by atoms with Crippen molar-refractivity contribution in [2.45, 2.75) is 52.5 Å². The number of unbranched alkanes of at least 4 members (excludes halogenated alkanes) is 4. The molecule has 24 heavy (non-hydrogen) atoms. The number of rotatable bonds is 9. The van der Waals surface area contributed by atoms with Crippen molar-refractivity contribution in [1.82, 2.24) is 14.9 Å². The molecule has 1 N–H and O–H groups in total. The smallest absolute Gasteiger partial charge is 0.194 e. The molecule has 2 aromatic heterocycles. The molecule has 0 radical (unpaired) electrons. The van der Waals surface area contributed by atoms with Gasteiger partial charge >= 0.3 is 0 Å². The average Bonchev–Trinajstić information content (AvgIpc) is 3.19. The third kappa shape index (κ3) is 4.25. The SMILES string of the molecule is CCCCCCCNCc1cccn1-c1nc2ccc(C)cc2s1. The van der Waals surface area contributed by atoms with Crippen LogP contribution in [0, 0.1) is 6.92 Å². The highest BCUT2D eigenvalue weighted by Gasteiger charge is 2.09. The molecular formula is C20H27N3S. The Morgan fingerprint density at radius 2 is 2.00 bits per heavy atom. The number of nitrogens with one attached hydrogen (secondary N) is 1. The van der Waals surface area contributed by atoms with Crippen molar-refractivity contribution in [2.75, 3.05) is 6.54 Å². The zero-order chi connectivity index (χ0) is 16.8. The standard InChI is InChI=1S/C20H27N3S/c1-3-4-5-6-7-12-21-15-17-9-8-13-23(17)20-22-18-11-10-16(2)14-19(18)24-20/h8-11,13-14,21H,3-7,12,15H2,1-2H3. The second-order valence-electron chi connectivity index (χ2n) is 6.43. The minimum atomic E-state index is 0.899. The maximum absolute atomic E-state index is 4.79. The number of benzene rings is 1. The lowest BCUT2D eigenvalue weighted by Crippen LogP contribution is -2.16. The van der Waals surface area contributed by atoms with Crippen LogP contribution in [-0.2, 0) is 6.54 Å². The van der Waals surface area contributed by atoms with E-state index in [0.29, 0.717) is 0 Å². The van der Waals surface area contributed by atoms with E-state index in [1.54, 1.807) is 11.3 Å². The predicted molar refractivity (Wildman–Crippen MR) is 104 cm³/mol. The van der Waals surface area contributed by atoms with Crippen molar-refractivity contribution in [3.05, 3.63) is 47.8 Å². The van der Waals surface area contributed by atoms with Crippen LogP contribution in [0.4, 0.5) is 0 Å². The second-order valence-corrected chi connectivity index (χ2v) is 7.44. The van der Waals surface area contributed by atoms with Crippen LogP contribution >= 0.6 is 11.3 Å². The first-order chi connectivity index (χ1) is 11.8. The Morgan fingerprint density at radius 3 is 2.88 bits per heavy atom. The van der Waals surface area contributed by atoms with Gasteiger partial charge in [0.25, 0.3) is 0 Å². The molecule has 3 rings (SSSR count). The van der Waals surface area contributed by atoms with Crippen LogP contribution in [0.3, 0.4) is 0 Å². The number of aryl methyl sites for hydroxylation is 1. The van der Waals surface area contributed by atoms with Gasteiger partial charge in [0, 0.05) is 18.4 Å². The number of thiazole rings is 1. The van der Waals surface area contributed by atoms with E-state index in [1.807, 2.05) is 0 Å². The summed E-state index contributed by atoms with van der Waals surface area (Å²) in [5.41, 5.74) is 3.65. The molecular weight excluding hydrogens is 314 g/mol. The second kappa shape index (κ2) is 8.45. The Bertz CT molecular complexity index is 772. The van der Waals surface area contributed by atoms with E-state index in [1.165, 1.54) is 48.1 Å². The lowest BCUT2D eigenvalue weighted by molar-refractivity contribution is 0.577. The lowest BCUT2D eigenvalue weighted by Gasteiger charge is -2.07. The highest BCUT2D eigenvalue weighted by molar-refractivity contribution is 7.20. The van der Waals surface area contributed by atoms with Crippen LogP contribution in [0.5, 0.6) is 0 Å². The Labute approximate surface area is 148 Å². The summed E-state index contributed by atoms with van der Waals surface area (Å²) in [6.07, 6.45) is 8.74. The monoisotopic (exact) mass is 341 g/mol. The van der Waals surface area contributed by atoms with Crippen LogP contribution in [0.1, 0.15) is 50.3 Å². The fourth-order valence-electron chi connectivity index (χ4n) is 2.94. The van der Waals surface area contributed by atoms with Crippen molar-refractivity contribution in [3.63, 3.8) is 0 Å². The van der Waals surface area contributed by atoms with Crippen LogP contribution < -0.4 is 5.32 Å². The maximum Gasteiger partial charge on any atom is 0.194 e. The number of aromatic nitrogens is 2. The van der Waals surface area contributed by atoms with Gasteiger partial charge in [0.15, 0.2) is 5.13 Å². The van der Waals surface area contributed by atoms with Crippen molar-refractivity contribution in [2.24, 2.45) is 0 Å². The number of hydrogen-bond donors (Lipinski definition) is 1. The third-order valence-electron chi connectivity index (χ3n) is 4.34. The van der Waals surface area contributed by atoms with Gasteiger partial charge in [-0.15, -0.1) is 0 Å². The molecule has 0 saturated heterocycles. The van der Waals surface area contributed by atoms with E-state index in [0.717, 1.165) is 23.7 Å². The molecule has 0 amide bonds. The van der Waals surface area contributed by atoms with Crippen LogP contribution in [0.25, 0.3) is 15.3 Å². The van der Waals surface area contributed by atoms with E-state index in [9.17, 15) is 0 Å². The molecule has 128 valence electrons. The van der Waals surface area contributed by atoms with Crippen molar-refractivity contribution >= 4 is 21.6 Å². The molecule has 0 fully saturated rings. The summed E-state index contributed by atoms with van der Waals surface area (Å²) in [7, 11) is 0. The first-order valence-electron chi connectivity index (χ1n) is 9.02. The summed E-state index contributed by atoms with van der Waals surface area (Å²) in [4.78, 5) is 4.79. The molecule has 0 bridgehead atoms. The molecule has 0 aliphatic rings. The third-order valence-corrected chi connectivity index (χ3v) is 5.35. The minimum Gasteiger partial charge on any atom is -0.311 e. The van der Waals surface area contributed by atoms with Crippen LogP contribution in [-0.4, -0.2) is 16.1 Å². The van der Waals surface area contributed by atoms with Gasteiger partial charge in [-0.1, -0.05) is 50.0 Å². The molecule has 0 unspecified atom stereocenters. The molecule has 0 saturated carbocycles. The van der Waals surface area contributed by atoms with Crippen molar-refractivity contribution in [1.29, 1.82) is 0 Å². The van der Waals surface area contributed by atoms with E-state index < -0.39 is 0 Å². The van der Waals surface area contributed by atoms with Crippen molar-refractivity contribution in [3.8, 4) is 5.13 Å². The average molecular weight is 342 g/mol. The van der Waals surface area contributed by atoms with Gasteiger partial charge in [-0.25, -0.2) is 4.98 Å². The first-order valence-corrected chi connectivity index (χ1v) is 9.84. The van der Waals surface area contributed by atoms with Crippen LogP contribution in [0.15, 0.2) is 36.5 Å². The zero-order valence-electron chi connectivity index (χ0n) is 14.7. The van der Waals surface area contributed by atoms with Gasteiger partial charge in [-0.3, -0.25) is 4.57 Å². The summed E-state index contributed by atoms with van der Waals surface area (Å²) in [5, 5.41) is 4.63. The van der Waals surface area contributed by atoms with Crippen LogP contribution in [0.2, 0.25) is 0 Å². The fraction of sp³-hybridized carbons (Fsp3) is 0.450. The molecule has 4 heteroatoms. The summed E-state index contributed by atoms with van der Waals surface area (Å²) < 4.78 is 3.47. The number of fused-ring (bicyclic) bond motifs is 1. The van der Waals surface area contributed by atoms with Crippen molar-refractivity contribution < 1.29 is 0 Å². The van der Waals surface area contributed by atoms with Gasteiger partial charge in [0.1, 0.15) is 0 Å². The lowest BCUT2D eigenvalue weighted by atomic mass is 10.1. The Kier molecular flexibility index (Phi) is 6.05. The molecule has 0 spiro atoms. The van der Waals surface area contributed by atoms with Gasteiger partial charge in [0.05, 0.1) is 10.2 Å². The molecule has 0 aliphatic heterocycles. The molecule has 0 aliphatic carbocycles. The van der Waals surface area contributed by atoms with Gasteiger partial charge < -0.3 is 5.32 Å². The summed E-state index contributed by atoms with van der Waals surface area (Å²) in [6.45, 7) is 6.38. The van der Waals surface area contributed by atoms with Gasteiger partial charge in [-0.2, -0.15) is 0 Å². The highest BCUT2D eigenvalue weighted by atomic mass is 32.1. The molecule has 3 aromatic rings. The number of hydrogen-bond acceptors (Lipinski definition) is 3. The van der Waals surface area contributed by atoms with E-state index in [-0.39, 0.29) is 0 Å².